The predicted octanol–water partition coefficient (Wildman–Crippen LogP) is 3.61. The molecule has 1 amide bonds. The van der Waals surface area contributed by atoms with Crippen molar-refractivity contribution in [3.8, 4) is 0 Å². The summed E-state index contributed by atoms with van der Waals surface area (Å²) in [7, 11) is -3.38. The van der Waals surface area contributed by atoms with E-state index in [1.807, 2.05) is 0 Å². The third-order valence-electron chi connectivity index (χ3n) is 4.18. The maximum atomic E-state index is 12.0. The topological polar surface area (TPSA) is 66.5 Å². The minimum absolute atomic E-state index is 0.0317. The molecule has 0 radical (unpaired) electrons. The fourth-order valence-corrected chi connectivity index (χ4v) is 4.07. The predicted molar refractivity (Wildman–Crippen MR) is 105 cm³/mol. The highest BCUT2D eigenvalue weighted by molar-refractivity contribution is 9.10. The zero-order valence-electron chi connectivity index (χ0n) is 14.5. The Morgan fingerprint density at radius 3 is 2.56 bits per heavy atom. The van der Waals surface area contributed by atoms with Crippen LogP contribution in [0.4, 0.5) is 5.69 Å². The summed E-state index contributed by atoms with van der Waals surface area (Å²) in [6, 6.07) is 7.11. The number of carbonyl (C=O) groups is 1. The van der Waals surface area contributed by atoms with Gasteiger partial charge in [0.25, 0.3) is 0 Å². The quantitative estimate of drug-likeness (QED) is 0.642. The normalized spacial score (nSPS) is 14.7. The van der Waals surface area contributed by atoms with Crippen molar-refractivity contribution >= 4 is 37.5 Å². The second-order valence-electron chi connectivity index (χ2n) is 6.30. The number of nitrogens with zero attached hydrogens (tertiary/aromatic N) is 1. The van der Waals surface area contributed by atoms with Gasteiger partial charge in [-0.25, -0.2) is 8.42 Å². The number of rotatable bonds is 8. The van der Waals surface area contributed by atoms with E-state index in [1.54, 1.807) is 24.3 Å². The van der Waals surface area contributed by atoms with Gasteiger partial charge in [-0.05, 0) is 56.4 Å². The third kappa shape index (κ3) is 6.82. The zero-order valence-corrected chi connectivity index (χ0v) is 16.9. The standard InChI is InChI=1S/C18H25BrN2O3S/c1-25(23,24)21(17-11-9-16(19)10-12-17)13-5-8-18(22)20-14-15-6-3-2-4-7-15/h6,9-12H,2-5,7-8,13-14H2,1H3,(H,20,22). The molecule has 0 bridgehead atoms. The molecule has 7 heteroatoms. The number of amides is 1. The van der Waals surface area contributed by atoms with Gasteiger partial charge in [0, 0.05) is 24.0 Å². The van der Waals surface area contributed by atoms with Crippen LogP contribution < -0.4 is 9.62 Å². The van der Waals surface area contributed by atoms with Crippen molar-refractivity contribution in [1.29, 1.82) is 0 Å². The summed E-state index contributed by atoms with van der Waals surface area (Å²) < 4.78 is 26.3. The smallest absolute Gasteiger partial charge is 0.232 e. The van der Waals surface area contributed by atoms with E-state index in [1.165, 1.54) is 29.0 Å². The Labute approximate surface area is 158 Å². The molecule has 1 aromatic rings. The molecule has 0 atom stereocenters. The van der Waals surface area contributed by atoms with Gasteiger partial charge in [-0.15, -0.1) is 0 Å². The minimum Gasteiger partial charge on any atom is -0.352 e. The maximum absolute atomic E-state index is 12.0. The fraction of sp³-hybridized carbons (Fsp3) is 0.500. The summed E-state index contributed by atoms with van der Waals surface area (Å²) in [5.41, 5.74) is 1.91. The Morgan fingerprint density at radius 1 is 1.24 bits per heavy atom. The second kappa shape index (κ2) is 9.38. The van der Waals surface area contributed by atoms with E-state index in [4.69, 9.17) is 0 Å². The zero-order chi connectivity index (χ0) is 18.3. The van der Waals surface area contributed by atoms with E-state index in [9.17, 15) is 13.2 Å². The first kappa shape index (κ1) is 20.0. The summed E-state index contributed by atoms with van der Waals surface area (Å²) >= 11 is 3.34. The third-order valence-corrected chi connectivity index (χ3v) is 5.90. The molecule has 1 aromatic carbocycles. The number of sulfonamides is 1. The van der Waals surface area contributed by atoms with Crippen molar-refractivity contribution in [3.63, 3.8) is 0 Å². The molecule has 138 valence electrons. The van der Waals surface area contributed by atoms with Crippen LogP contribution in [-0.4, -0.2) is 33.7 Å². The molecule has 2 rings (SSSR count). The summed E-state index contributed by atoms with van der Waals surface area (Å²) in [5.74, 6) is -0.0317. The summed E-state index contributed by atoms with van der Waals surface area (Å²) in [4.78, 5) is 12.0. The molecule has 0 unspecified atom stereocenters. The van der Waals surface area contributed by atoms with Crippen molar-refractivity contribution in [2.45, 2.75) is 38.5 Å². The molecule has 0 aromatic heterocycles. The van der Waals surface area contributed by atoms with Crippen LogP contribution in [0.15, 0.2) is 40.4 Å². The van der Waals surface area contributed by atoms with Gasteiger partial charge in [0.05, 0.1) is 11.9 Å². The van der Waals surface area contributed by atoms with Crippen LogP contribution in [0.2, 0.25) is 0 Å². The molecule has 1 N–H and O–H groups in total. The van der Waals surface area contributed by atoms with E-state index >= 15 is 0 Å². The highest BCUT2D eigenvalue weighted by atomic mass is 79.9. The molecule has 0 aliphatic heterocycles. The lowest BCUT2D eigenvalue weighted by Gasteiger charge is -2.22. The molecule has 0 saturated carbocycles. The number of hydrogen-bond donors (Lipinski definition) is 1. The lowest BCUT2D eigenvalue weighted by atomic mass is 10.00. The van der Waals surface area contributed by atoms with E-state index in [-0.39, 0.29) is 12.5 Å². The Kier molecular flexibility index (Phi) is 7.50. The molecule has 0 heterocycles. The average molecular weight is 429 g/mol. The van der Waals surface area contributed by atoms with Crippen LogP contribution in [0.3, 0.4) is 0 Å². The number of halogens is 1. The first-order chi connectivity index (χ1) is 11.9. The Bertz CT molecular complexity index is 714. The van der Waals surface area contributed by atoms with Gasteiger partial charge < -0.3 is 5.32 Å². The summed E-state index contributed by atoms with van der Waals surface area (Å²) in [6.45, 7) is 0.901. The molecule has 1 aliphatic rings. The monoisotopic (exact) mass is 428 g/mol. The van der Waals surface area contributed by atoms with Gasteiger partial charge in [0.1, 0.15) is 0 Å². The molecule has 1 aliphatic carbocycles. The Balaban J connectivity index is 1.83. The van der Waals surface area contributed by atoms with Crippen LogP contribution in [0.5, 0.6) is 0 Å². The number of carbonyl (C=O) groups excluding carboxylic acids is 1. The van der Waals surface area contributed by atoms with E-state index in [2.05, 4.69) is 27.3 Å². The van der Waals surface area contributed by atoms with Gasteiger partial charge in [0.2, 0.25) is 15.9 Å². The Hall–Kier alpha value is -1.34. The second-order valence-corrected chi connectivity index (χ2v) is 9.12. The number of benzene rings is 1. The Morgan fingerprint density at radius 2 is 1.96 bits per heavy atom. The van der Waals surface area contributed by atoms with Gasteiger partial charge in [-0.3, -0.25) is 9.10 Å². The van der Waals surface area contributed by atoms with Crippen LogP contribution in [0, 0.1) is 0 Å². The number of hydrogen-bond acceptors (Lipinski definition) is 3. The number of nitrogens with one attached hydrogen (secondary N) is 1. The lowest BCUT2D eigenvalue weighted by Crippen LogP contribution is -2.32. The first-order valence-electron chi connectivity index (χ1n) is 8.54. The lowest BCUT2D eigenvalue weighted by molar-refractivity contribution is -0.120. The van der Waals surface area contributed by atoms with Crippen molar-refractivity contribution < 1.29 is 13.2 Å². The SMILES string of the molecule is CS(=O)(=O)N(CCCC(=O)NCC1=CCCCC1)c1ccc(Br)cc1. The van der Waals surface area contributed by atoms with E-state index in [0.29, 0.717) is 25.1 Å². The van der Waals surface area contributed by atoms with Crippen molar-refractivity contribution in [2.24, 2.45) is 0 Å². The molecular formula is C18H25BrN2O3S. The van der Waals surface area contributed by atoms with Crippen LogP contribution in [0.25, 0.3) is 0 Å². The molecule has 0 saturated heterocycles. The molecule has 0 fully saturated rings. The molecule has 0 spiro atoms. The molecule has 25 heavy (non-hydrogen) atoms. The van der Waals surface area contributed by atoms with Gasteiger partial charge in [0.15, 0.2) is 0 Å². The number of anilines is 1. The first-order valence-corrected chi connectivity index (χ1v) is 11.2. The van der Waals surface area contributed by atoms with Gasteiger partial charge >= 0.3 is 0 Å². The fourth-order valence-electron chi connectivity index (χ4n) is 2.84. The van der Waals surface area contributed by atoms with Crippen LogP contribution in [-0.2, 0) is 14.8 Å². The highest BCUT2D eigenvalue weighted by Crippen LogP contribution is 2.21. The summed E-state index contributed by atoms with van der Waals surface area (Å²) in [5, 5.41) is 2.93. The van der Waals surface area contributed by atoms with Gasteiger partial charge in [-0.2, -0.15) is 0 Å². The van der Waals surface area contributed by atoms with Crippen molar-refractivity contribution in [3.05, 3.63) is 40.4 Å². The average Bonchev–Trinajstić information content (AvgIpc) is 2.58. The number of allylic oxidation sites excluding steroid dienone is 1. The maximum Gasteiger partial charge on any atom is 0.232 e. The highest BCUT2D eigenvalue weighted by Gasteiger charge is 2.17. The minimum atomic E-state index is -3.38. The van der Waals surface area contributed by atoms with E-state index < -0.39 is 10.0 Å². The van der Waals surface area contributed by atoms with Gasteiger partial charge in [-0.1, -0.05) is 27.6 Å². The molecular weight excluding hydrogens is 404 g/mol. The summed E-state index contributed by atoms with van der Waals surface area (Å²) in [6.07, 6.45) is 8.78. The van der Waals surface area contributed by atoms with Crippen molar-refractivity contribution in [1.82, 2.24) is 5.32 Å². The van der Waals surface area contributed by atoms with E-state index in [0.717, 1.165) is 17.3 Å². The van der Waals surface area contributed by atoms with Crippen molar-refractivity contribution in [2.75, 3.05) is 23.7 Å². The largest absolute Gasteiger partial charge is 0.352 e. The van der Waals surface area contributed by atoms with Crippen LogP contribution >= 0.6 is 15.9 Å². The van der Waals surface area contributed by atoms with Crippen LogP contribution in [0.1, 0.15) is 38.5 Å². The molecule has 5 nitrogen and oxygen atoms in total.